The Morgan fingerprint density at radius 1 is 0.939 bits per heavy atom. The first-order chi connectivity index (χ1) is 16.1. The lowest BCUT2D eigenvalue weighted by Crippen LogP contribution is -2.56. The molecule has 6 aliphatic carbocycles. The van der Waals surface area contributed by atoms with Crippen LogP contribution in [0.3, 0.4) is 0 Å². The zero-order valence-electron chi connectivity index (χ0n) is 19.9. The molecule has 7 heteroatoms. The van der Waals surface area contributed by atoms with Crippen LogP contribution in [0.5, 0.6) is 0 Å². The van der Waals surface area contributed by atoms with Gasteiger partial charge in [-0.3, -0.25) is 9.48 Å². The fraction of sp³-hybridized carbons (Fsp3) is 0.808. The summed E-state index contributed by atoms with van der Waals surface area (Å²) in [6, 6.07) is 0.704. The molecule has 7 rings (SSSR count). The van der Waals surface area contributed by atoms with Crippen LogP contribution in [0.1, 0.15) is 98.4 Å². The number of carbonyl (C=O) groups excluding carboxylic acids is 2. The van der Waals surface area contributed by atoms with Crippen LogP contribution in [0.15, 0.2) is 0 Å². The first kappa shape index (κ1) is 21.5. The van der Waals surface area contributed by atoms with E-state index in [0.29, 0.717) is 36.0 Å². The number of rotatable bonds is 4. The molecule has 1 heterocycles. The van der Waals surface area contributed by atoms with Gasteiger partial charge in [0.2, 0.25) is 0 Å². The maximum absolute atomic E-state index is 13.7. The second kappa shape index (κ2) is 8.62. The summed E-state index contributed by atoms with van der Waals surface area (Å²) in [6.07, 6.45) is 14.6. The molecule has 33 heavy (non-hydrogen) atoms. The number of amides is 2. The first-order valence-corrected chi connectivity index (χ1v) is 13.3. The summed E-state index contributed by atoms with van der Waals surface area (Å²) in [7, 11) is 1.40. The zero-order valence-corrected chi connectivity index (χ0v) is 19.9. The van der Waals surface area contributed by atoms with Gasteiger partial charge in [-0.05, 0) is 87.9 Å². The van der Waals surface area contributed by atoms with Crippen LogP contribution in [0.2, 0.25) is 0 Å². The molecule has 6 aliphatic rings. The maximum atomic E-state index is 13.7. The van der Waals surface area contributed by atoms with Crippen molar-refractivity contribution in [3.05, 3.63) is 17.0 Å². The van der Waals surface area contributed by atoms with Gasteiger partial charge in [-0.15, -0.1) is 0 Å². The number of fused-ring (bicyclic) bond motifs is 1. The molecular formula is C26H38N4O3. The van der Waals surface area contributed by atoms with Gasteiger partial charge in [0.05, 0.1) is 13.2 Å². The molecule has 2 N–H and O–H groups in total. The SMILES string of the molecule is COC(=O)NC1CCc2c(c(C(=O)NC3C4CC5CC(C4)CC3C5)nn2C2CCCCC2)C1. The van der Waals surface area contributed by atoms with Crippen molar-refractivity contribution in [1.82, 2.24) is 20.4 Å². The quantitative estimate of drug-likeness (QED) is 0.716. The van der Waals surface area contributed by atoms with Gasteiger partial charge >= 0.3 is 6.09 Å². The van der Waals surface area contributed by atoms with Crippen LogP contribution in [-0.4, -0.2) is 41.0 Å². The fourth-order valence-electron chi connectivity index (χ4n) is 8.18. The number of ether oxygens (including phenoxy) is 1. The Labute approximate surface area is 196 Å². The number of aromatic nitrogens is 2. The van der Waals surface area contributed by atoms with E-state index in [1.807, 2.05) is 0 Å². The Kier molecular flexibility index (Phi) is 5.61. The van der Waals surface area contributed by atoms with Crippen molar-refractivity contribution >= 4 is 12.0 Å². The number of alkyl carbamates (subject to hydrolysis) is 1. The monoisotopic (exact) mass is 454 g/mol. The highest BCUT2D eigenvalue weighted by Gasteiger charge is 2.49. The molecule has 5 saturated carbocycles. The molecule has 0 aromatic carbocycles. The molecule has 0 aliphatic heterocycles. The number of nitrogens with zero attached hydrogens (tertiary/aromatic N) is 2. The van der Waals surface area contributed by atoms with E-state index in [-0.39, 0.29) is 11.9 Å². The second-order valence-corrected chi connectivity index (χ2v) is 11.5. The molecule has 4 bridgehead atoms. The Bertz CT molecular complexity index is 891. The van der Waals surface area contributed by atoms with Crippen molar-refractivity contribution < 1.29 is 14.3 Å². The summed E-state index contributed by atoms with van der Waals surface area (Å²) in [5.41, 5.74) is 2.88. The van der Waals surface area contributed by atoms with Gasteiger partial charge in [0.15, 0.2) is 5.69 Å². The predicted octanol–water partition coefficient (Wildman–Crippen LogP) is 4.16. The van der Waals surface area contributed by atoms with E-state index in [0.717, 1.165) is 43.1 Å². The van der Waals surface area contributed by atoms with Crippen molar-refractivity contribution in [2.45, 2.75) is 102 Å². The van der Waals surface area contributed by atoms with Crippen LogP contribution in [-0.2, 0) is 17.6 Å². The summed E-state index contributed by atoms with van der Waals surface area (Å²) in [5, 5.41) is 11.4. The molecule has 1 atom stereocenters. The van der Waals surface area contributed by atoms with E-state index in [4.69, 9.17) is 9.84 Å². The molecular weight excluding hydrogens is 416 g/mol. The van der Waals surface area contributed by atoms with Crippen molar-refractivity contribution in [2.24, 2.45) is 23.7 Å². The number of carbonyl (C=O) groups is 2. The molecule has 1 aromatic rings. The van der Waals surface area contributed by atoms with Crippen LogP contribution < -0.4 is 10.6 Å². The molecule has 0 saturated heterocycles. The third-order valence-corrected chi connectivity index (χ3v) is 9.47. The smallest absolute Gasteiger partial charge is 0.407 e. The largest absolute Gasteiger partial charge is 0.453 e. The van der Waals surface area contributed by atoms with E-state index in [1.54, 1.807) is 0 Å². The molecule has 7 nitrogen and oxygen atoms in total. The predicted molar refractivity (Wildman–Crippen MR) is 124 cm³/mol. The van der Waals surface area contributed by atoms with E-state index in [9.17, 15) is 9.59 Å². The van der Waals surface area contributed by atoms with Gasteiger partial charge in [0, 0.05) is 23.3 Å². The van der Waals surface area contributed by atoms with Gasteiger partial charge in [0.25, 0.3) is 5.91 Å². The van der Waals surface area contributed by atoms with Crippen molar-refractivity contribution in [3.63, 3.8) is 0 Å². The molecule has 1 unspecified atom stereocenters. The molecule has 1 aromatic heterocycles. The van der Waals surface area contributed by atoms with Crippen LogP contribution >= 0.6 is 0 Å². The highest BCUT2D eigenvalue weighted by Crippen LogP contribution is 2.53. The molecule has 5 fully saturated rings. The van der Waals surface area contributed by atoms with Crippen molar-refractivity contribution in [2.75, 3.05) is 7.11 Å². The molecule has 0 spiro atoms. The number of hydrogen-bond acceptors (Lipinski definition) is 4. The molecule has 0 radical (unpaired) electrons. The Morgan fingerprint density at radius 2 is 1.64 bits per heavy atom. The topological polar surface area (TPSA) is 85.2 Å². The summed E-state index contributed by atoms with van der Waals surface area (Å²) < 4.78 is 7.03. The lowest BCUT2D eigenvalue weighted by Gasteiger charge is -2.54. The molecule has 2 amide bonds. The van der Waals surface area contributed by atoms with Gasteiger partial charge in [-0.25, -0.2) is 4.79 Å². The van der Waals surface area contributed by atoms with Gasteiger partial charge in [0.1, 0.15) is 0 Å². The fourth-order valence-corrected chi connectivity index (χ4v) is 8.18. The van der Waals surface area contributed by atoms with Gasteiger partial charge < -0.3 is 15.4 Å². The summed E-state index contributed by atoms with van der Waals surface area (Å²) in [6.45, 7) is 0. The van der Waals surface area contributed by atoms with Crippen LogP contribution in [0.25, 0.3) is 0 Å². The average molecular weight is 455 g/mol. The zero-order chi connectivity index (χ0) is 22.5. The lowest BCUT2D eigenvalue weighted by molar-refractivity contribution is -0.0120. The number of methoxy groups -OCH3 is 1. The van der Waals surface area contributed by atoms with E-state index in [2.05, 4.69) is 15.3 Å². The number of hydrogen-bond donors (Lipinski definition) is 2. The van der Waals surface area contributed by atoms with Crippen LogP contribution in [0.4, 0.5) is 4.79 Å². The van der Waals surface area contributed by atoms with Gasteiger partial charge in [-0.2, -0.15) is 5.10 Å². The van der Waals surface area contributed by atoms with Crippen molar-refractivity contribution in [1.29, 1.82) is 0 Å². The Hall–Kier alpha value is -2.05. The second-order valence-electron chi connectivity index (χ2n) is 11.5. The minimum atomic E-state index is -0.400. The van der Waals surface area contributed by atoms with E-state index in [1.165, 1.54) is 64.2 Å². The minimum Gasteiger partial charge on any atom is -0.453 e. The van der Waals surface area contributed by atoms with Crippen LogP contribution in [0, 0.1) is 23.7 Å². The van der Waals surface area contributed by atoms with E-state index >= 15 is 0 Å². The van der Waals surface area contributed by atoms with Gasteiger partial charge in [-0.1, -0.05) is 19.3 Å². The summed E-state index contributed by atoms with van der Waals surface area (Å²) in [5.74, 6) is 3.09. The highest BCUT2D eigenvalue weighted by atomic mass is 16.5. The first-order valence-electron chi connectivity index (χ1n) is 13.3. The average Bonchev–Trinajstić information content (AvgIpc) is 3.20. The third-order valence-electron chi connectivity index (χ3n) is 9.47. The standard InChI is InChI=1S/C26H38N4O3/c1-33-26(32)27-19-7-8-22-21(14-19)24(29-30(22)20-5-3-2-4-6-20)25(31)28-23-17-10-15-9-16(12-17)13-18(23)11-15/h15-20,23H,2-14H2,1H3,(H,27,32)(H,28,31). The summed E-state index contributed by atoms with van der Waals surface area (Å²) in [4.78, 5) is 25.5. The van der Waals surface area contributed by atoms with E-state index < -0.39 is 6.09 Å². The third kappa shape index (κ3) is 3.95. The Balaban J connectivity index is 1.26. The maximum Gasteiger partial charge on any atom is 0.407 e. The summed E-state index contributed by atoms with van der Waals surface area (Å²) >= 11 is 0. The normalized spacial score (nSPS) is 35.2. The minimum absolute atomic E-state index is 0.0111. The Morgan fingerprint density at radius 3 is 2.30 bits per heavy atom. The molecule has 180 valence electrons. The highest BCUT2D eigenvalue weighted by molar-refractivity contribution is 5.94. The lowest BCUT2D eigenvalue weighted by atomic mass is 9.54. The van der Waals surface area contributed by atoms with Crippen molar-refractivity contribution in [3.8, 4) is 0 Å². The number of nitrogens with one attached hydrogen (secondary N) is 2.